The second-order valence-corrected chi connectivity index (χ2v) is 5.17. The Hall–Kier alpha value is -1.01. The first-order valence-corrected chi connectivity index (χ1v) is 6.81. The van der Waals surface area contributed by atoms with Crippen LogP contribution in [-0.4, -0.2) is 23.8 Å². The number of aromatic nitrogens is 2. The van der Waals surface area contributed by atoms with Crippen LogP contribution in [0.4, 0.5) is 0 Å². The van der Waals surface area contributed by atoms with Crippen LogP contribution in [0.15, 0.2) is 33.7 Å². The number of hydrogen-bond donors (Lipinski definition) is 0. The minimum Gasteiger partial charge on any atom is -0.493 e. The highest BCUT2D eigenvalue weighted by Crippen LogP contribution is 2.28. The van der Waals surface area contributed by atoms with E-state index in [0.29, 0.717) is 6.54 Å². The third kappa shape index (κ3) is 2.87. The lowest BCUT2D eigenvalue weighted by Gasteiger charge is -2.10. The van der Waals surface area contributed by atoms with Crippen molar-refractivity contribution < 1.29 is 9.47 Å². The molecule has 96 valence electrons. The zero-order valence-electron chi connectivity index (χ0n) is 9.98. The Kier molecular flexibility index (Phi) is 4.29. The standard InChI is InChI=1S/C12H12Br2N2O2/c1-17-9-4-3-8(5-10(9)18-2)6-16-7-11(13)15-12(16)14/h3-5,7H,6H2,1-2H3. The van der Waals surface area contributed by atoms with Crippen LogP contribution < -0.4 is 9.47 Å². The van der Waals surface area contributed by atoms with Gasteiger partial charge in [-0.3, -0.25) is 0 Å². The highest BCUT2D eigenvalue weighted by Gasteiger charge is 2.07. The molecule has 6 heteroatoms. The van der Waals surface area contributed by atoms with Crippen molar-refractivity contribution in [2.75, 3.05) is 14.2 Å². The van der Waals surface area contributed by atoms with Gasteiger partial charge < -0.3 is 14.0 Å². The van der Waals surface area contributed by atoms with Crippen LogP contribution in [0.2, 0.25) is 0 Å². The van der Waals surface area contributed by atoms with Gasteiger partial charge in [0.05, 0.1) is 14.2 Å². The highest BCUT2D eigenvalue weighted by molar-refractivity contribution is 9.11. The Bertz CT molecular complexity index is 555. The summed E-state index contributed by atoms with van der Waals surface area (Å²) in [6, 6.07) is 5.86. The molecule has 2 rings (SSSR count). The molecule has 4 nitrogen and oxygen atoms in total. The number of hydrogen-bond acceptors (Lipinski definition) is 3. The van der Waals surface area contributed by atoms with E-state index < -0.39 is 0 Å². The lowest BCUT2D eigenvalue weighted by atomic mass is 10.2. The molecule has 0 saturated carbocycles. The molecule has 0 radical (unpaired) electrons. The molecule has 0 aliphatic rings. The molecule has 0 bridgehead atoms. The van der Waals surface area contributed by atoms with Gasteiger partial charge in [-0.1, -0.05) is 6.07 Å². The number of ether oxygens (including phenoxy) is 2. The molecule has 0 saturated heterocycles. The van der Waals surface area contributed by atoms with Gasteiger partial charge in [0.2, 0.25) is 0 Å². The monoisotopic (exact) mass is 374 g/mol. The largest absolute Gasteiger partial charge is 0.493 e. The Balaban J connectivity index is 2.27. The Morgan fingerprint density at radius 1 is 1.17 bits per heavy atom. The summed E-state index contributed by atoms with van der Waals surface area (Å²) in [5.41, 5.74) is 1.11. The van der Waals surface area contributed by atoms with Crippen molar-refractivity contribution in [3.8, 4) is 11.5 Å². The molecular weight excluding hydrogens is 364 g/mol. The SMILES string of the molecule is COc1ccc(Cn2cc(Br)nc2Br)cc1OC. The van der Waals surface area contributed by atoms with Crippen molar-refractivity contribution in [1.29, 1.82) is 0 Å². The first kappa shape index (κ1) is 13.4. The summed E-state index contributed by atoms with van der Waals surface area (Å²) in [4.78, 5) is 4.22. The van der Waals surface area contributed by atoms with Crippen LogP contribution in [0.5, 0.6) is 11.5 Å². The molecule has 0 aliphatic carbocycles. The zero-order chi connectivity index (χ0) is 13.1. The molecule has 0 atom stereocenters. The summed E-state index contributed by atoms with van der Waals surface area (Å²) in [6.07, 6.45) is 1.92. The van der Waals surface area contributed by atoms with E-state index in [9.17, 15) is 0 Å². The summed E-state index contributed by atoms with van der Waals surface area (Å²) in [6.45, 7) is 0.708. The van der Waals surface area contributed by atoms with Crippen molar-refractivity contribution in [1.82, 2.24) is 9.55 Å². The fourth-order valence-electron chi connectivity index (χ4n) is 1.65. The number of methoxy groups -OCH3 is 2. The first-order chi connectivity index (χ1) is 8.63. The van der Waals surface area contributed by atoms with Gasteiger partial charge >= 0.3 is 0 Å². The van der Waals surface area contributed by atoms with Gasteiger partial charge in [-0.05, 0) is 49.6 Å². The third-order valence-corrected chi connectivity index (χ3v) is 3.51. The van der Waals surface area contributed by atoms with Gasteiger partial charge in [0.25, 0.3) is 0 Å². The smallest absolute Gasteiger partial charge is 0.178 e. The first-order valence-electron chi connectivity index (χ1n) is 5.23. The number of benzene rings is 1. The maximum absolute atomic E-state index is 5.28. The number of nitrogens with zero attached hydrogens (tertiary/aromatic N) is 2. The second-order valence-electron chi connectivity index (χ2n) is 3.65. The van der Waals surface area contributed by atoms with Crippen LogP contribution in [0.1, 0.15) is 5.56 Å². The molecule has 2 aromatic rings. The molecule has 0 aliphatic heterocycles. The topological polar surface area (TPSA) is 36.3 Å². The molecule has 0 spiro atoms. The Morgan fingerprint density at radius 2 is 1.89 bits per heavy atom. The second kappa shape index (κ2) is 5.75. The van der Waals surface area contributed by atoms with E-state index in [-0.39, 0.29) is 0 Å². The van der Waals surface area contributed by atoms with Crippen molar-refractivity contribution in [3.63, 3.8) is 0 Å². The van der Waals surface area contributed by atoms with Crippen molar-refractivity contribution >= 4 is 31.9 Å². The maximum atomic E-state index is 5.28. The molecule has 0 fully saturated rings. The lowest BCUT2D eigenvalue weighted by molar-refractivity contribution is 0.354. The van der Waals surface area contributed by atoms with Crippen LogP contribution in [0.3, 0.4) is 0 Å². The van der Waals surface area contributed by atoms with E-state index in [1.165, 1.54) is 0 Å². The normalized spacial score (nSPS) is 10.4. The van der Waals surface area contributed by atoms with Gasteiger partial charge in [-0.25, -0.2) is 4.98 Å². The van der Waals surface area contributed by atoms with Crippen LogP contribution in [-0.2, 0) is 6.54 Å². The predicted molar refractivity (Wildman–Crippen MR) is 76.3 cm³/mol. The third-order valence-electron chi connectivity index (χ3n) is 2.50. The number of halogens is 2. The van der Waals surface area contributed by atoms with E-state index in [0.717, 1.165) is 26.4 Å². The van der Waals surface area contributed by atoms with Gasteiger partial charge in [-0.2, -0.15) is 0 Å². The average Bonchev–Trinajstić information content (AvgIpc) is 2.67. The maximum Gasteiger partial charge on any atom is 0.178 e. The van der Waals surface area contributed by atoms with Crippen LogP contribution >= 0.6 is 31.9 Å². The van der Waals surface area contributed by atoms with Crippen molar-refractivity contribution in [2.45, 2.75) is 6.54 Å². The van der Waals surface area contributed by atoms with Crippen molar-refractivity contribution in [3.05, 3.63) is 39.3 Å². The minimum atomic E-state index is 0.708. The fraction of sp³-hybridized carbons (Fsp3) is 0.250. The molecule has 18 heavy (non-hydrogen) atoms. The molecule has 1 heterocycles. The molecule has 1 aromatic carbocycles. The van der Waals surface area contributed by atoms with E-state index in [4.69, 9.17) is 9.47 Å². The molecule has 0 amide bonds. The fourth-order valence-corrected chi connectivity index (χ4v) is 2.72. The number of rotatable bonds is 4. The summed E-state index contributed by atoms with van der Waals surface area (Å²) in [5, 5.41) is 0. The summed E-state index contributed by atoms with van der Waals surface area (Å²) in [7, 11) is 3.26. The average molecular weight is 376 g/mol. The molecule has 0 N–H and O–H groups in total. The van der Waals surface area contributed by atoms with E-state index in [1.54, 1.807) is 14.2 Å². The highest BCUT2D eigenvalue weighted by atomic mass is 79.9. The van der Waals surface area contributed by atoms with Gasteiger partial charge in [0, 0.05) is 12.7 Å². The number of imidazole rings is 1. The van der Waals surface area contributed by atoms with E-state index >= 15 is 0 Å². The molecular formula is C12H12Br2N2O2. The molecule has 0 unspecified atom stereocenters. The summed E-state index contributed by atoms with van der Waals surface area (Å²) >= 11 is 6.74. The summed E-state index contributed by atoms with van der Waals surface area (Å²) < 4.78 is 14.1. The Labute approximate surface area is 122 Å². The zero-order valence-corrected chi connectivity index (χ0v) is 13.2. The summed E-state index contributed by atoms with van der Waals surface area (Å²) in [5.74, 6) is 1.46. The van der Waals surface area contributed by atoms with Crippen molar-refractivity contribution in [2.24, 2.45) is 0 Å². The quantitative estimate of drug-likeness (QED) is 0.820. The van der Waals surface area contributed by atoms with Crippen LogP contribution in [0.25, 0.3) is 0 Å². The van der Waals surface area contributed by atoms with Crippen LogP contribution in [0, 0.1) is 0 Å². The predicted octanol–water partition coefficient (Wildman–Crippen LogP) is 3.47. The minimum absolute atomic E-state index is 0.708. The van der Waals surface area contributed by atoms with Gasteiger partial charge in [0.15, 0.2) is 16.2 Å². The lowest BCUT2D eigenvalue weighted by Crippen LogP contribution is -1.99. The Morgan fingerprint density at radius 3 is 2.44 bits per heavy atom. The van der Waals surface area contributed by atoms with Gasteiger partial charge in [0.1, 0.15) is 4.60 Å². The van der Waals surface area contributed by atoms with E-state index in [2.05, 4.69) is 36.8 Å². The van der Waals surface area contributed by atoms with E-state index in [1.807, 2.05) is 29.0 Å². The molecule has 1 aromatic heterocycles. The van der Waals surface area contributed by atoms with Gasteiger partial charge in [-0.15, -0.1) is 0 Å².